The average Bonchev–Trinajstić information content (AvgIpc) is 3.04. The van der Waals surface area contributed by atoms with E-state index in [0.717, 1.165) is 0 Å². The zero-order valence-electron chi connectivity index (χ0n) is 9.59. The number of allylic oxidation sites excluding steroid dienone is 14. The van der Waals surface area contributed by atoms with Gasteiger partial charge in [-0.1, -0.05) is 58.0 Å². The predicted octanol–water partition coefficient (Wildman–Crippen LogP) is 5.01. The van der Waals surface area contributed by atoms with Crippen LogP contribution < -0.4 is 0 Å². The molecule has 0 aromatic heterocycles. The van der Waals surface area contributed by atoms with Crippen molar-refractivity contribution in [2.75, 3.05) is 0 Å². The third kappa shape index (κ3) is 1.73. The van der Waals surface area contributed by atoms with Crippen LogP contribution in [-0.4, -0.2) is 0 Å². The predicted molar refractivity (Wildman–Crippen MR) is 82.0 cm³/mol. The molecule has 0 aliphatic heterocycles. The molecule has 2 heteroatoms. The second kappa shape index (κ2) is 4.08. The van der Waals surface area contributed by atoms with Crippen molar-refractivity contribution in [3.8, 4) is 0 Å². The van der Waals surface area contributed by atoms with E-state index >= 15 is 0 Å². The summed E-state index contributed by atoms with van der Waals surface area (Å²) in [7, 11) is 3.68. The molecule has 0 radical (unpaired) electrons. The first-order chi connectivity index (χ1) is 8.88. The van der Waals surface area contributed by atoms with E-state index in [0.29, 0.717) is 0 Å². The molecular formula is C16H10S2. The molecule has 0 aromatic rings. The van der Waals surface area contributed by atoms with E-state index in [1.807, 2.05) is 21.6 Å². The quantitative estimate of drug-likeness (QED) is 0.659. The van der Waals surface area contributed by atoms with Crippen LogP contribution in [0, 0.1) is 0 Å². The van der Waals surface area contributed by atoms with Crippen LogP contribution in [-0.2, 0) is 0 Å². The molecule has 18 heavy (non-hydrogen) atoms. The summed E-state index contributed by atoms with van der Waals surface area (Å²) in [5.74, 6) is 0. The molecule has 0 bridgehead atoms. The van der Waals surface area contributed by atoms with Gasteiger partial charge >= 0.3 is 0 Å². The van der Waals surface area contributed by atoms with Crippen molar-refractivity contribution >= 4 is 21.6 Å². The highest BCUT2D eigenvalue weighted by Crippen LogP contribution is 2.45. The molecule has 86 valence electrons. The van der Waals surface area contributed by atoms with Crippen molar-refractivity contribution in [3.05, 3.63) is 92.9 Å². The molecule has 0 unspecified atom stereocenters. The monoisotopic (exact) mass is 266 g/mol. The topological polar surface area (TPSA) is 0 Å². The van der Waals surface area contributed by atoms with Gasteiger partial charge in [0.1, 0.15) is 0 Å². The van der Waals surface area contributed by atoms with Crippen LogP contribution in [0.3, 0.4) is 0 Å². The van der Waals surface area contributed by atoms with Gasteiger partial charge in [-0.15, -0.1) is 0 Å². The van der Waals surface area contributed by atoms with Gasteiger partial charge < -0.3 is 0 Å². The molecule has 4 aliphatic carbocycles. The summed E-state index contributed by atoms with van der Waals surface area (Å²) >= 11 is 0. The second-order valence-electron chi connectivity index (χ2n) is 4.42. The highest BCUT2D eigenvalue weighted by molar-refractivity contribution is 8.79. The summed E-state index contributed by atoms with van der Waals surface area (Å²) in [6.07, 6.45) is 21.9. The van der Waals surface area contributed by atoms with E-state index in [4.69, 9.17) is 0 Å². The number of rotatable bonds is 3. The van der Waals surface area contributed by atoms with Gasteiger partial charge in [-0.3, -0.25) is 0 Å². The van der Waals surface area contributed by atoms with Crippen molar-refractivity contribution in [2.24, 2.45) is 0 Å². The van der Waals surface area contributed by atoms with Crippen LogP contribution in [0.4, 0.5) is 0 Å². The maximum absolute atomic E-state index is 2.26. The molecule has 4 aliphatic rings. The molecule has 0 aromatic carbocycles. The lowest BCUT2D eigenvalue weighted by molar-refractivity contribution is 1.69. The molecule has 0 N–H and O–H groups in total. The zero-order chi connectivity index (χ0) is 11.9. The van der Waals surface area contributed by atoms with Crippen LogP contribution in [0.5, 0.6) is 0 Å². The third-order valence-corrected chi connectivity index (χ3v) is 5.54. The fourth-order valence-electron chi connectivity index (χ4n) is 2.31. The maximum Gasteiger partial charge on any atom is 0.0198 e. The number of hydrogen-bond acceptors (Lipinski definition) is 2. The summed E-state index contributed by atoms with van der Waals surface area (Å²) in [5.41, 5.74) is 5.39. The van der Waals surface area contributed by atoms with Crippen LogP contribution in [0.2, 0.25) is 0 Å². The molecular weight excluding hydrogens is 256 g/mol. The van der Waals surface area contributed by atoms with E-state index in [1.54, 1.807) is 0 Å². The lowest BCUT2D eigenvalue weighted by Crippen LogP contribution is -1.67. The van der Waals surface area contributed by atoms with Crippen LogP contribution >= 0.6 is 21.6 Å². The van der Waals surface area contributed by atoms with E-state index < -0.39 is 0 Å². The highest BCUT2D eigenvalue weighted by Gasteiger charge is 2.16. The molecule has 0 heterocycles. The first-order valence-electron chi connectivity index (χ1n) is 5.87. The lowest BCUT2D eigenvalue weighted by atomic mass is 10.2. The van der Waals surface area contributed by atoms with E-state index in [2.05, 4.69) is 60.8 Å². The van der Waals surface area contributed by atoms with Gasteiger partial charge in [0.05, 0.1) is 0 Å². The number of fused-ring (bicyclic) bond motifs is 2. The Hall–Kier alpha value is -1.38. The van der Waals surface area contributed by atoms with Crippen molar-refractivity contribution < 1.29 is 0 Å². The SMILES string of the molecule is C1=CC2=CC(SSC3=CC4=CC=CC4=C3)=CC2=C1. The Morgan fingerprint density at radius 2 is 1.06 bits per heavy atom. The standard InChI is InChI=1S/C16H10S2/c1-3-11-7-15(8-12(11)4-1)17-18-16-9-13-5-2-6-14(13)10-16/h1-10H. The van der Waals surface area contributed by atoms with Gasteiger partial charge in [0.25, 0.3) is 0 Å². The fraction of sp³-hybridized carbons (Fsp3) is 0. The van der Waals surface area contributed by atoms with E-state index in [9.17, 15) is 0 Å². The zero-order valence-corrected chi connectivity index (χ0v) is 11.2. The van der Waals surface area contributed by atoms with Crippen LogP contribution in [0.1, 0.15) is 0 Å². The lowest BCUT2D eigenvalue weighted by Gasteiger charge is -1.97. The highest BCUT2D eigenvalue weighted by atomic mass is 33.1. The summed E-state index contributed by atoms with van der Waals surface area (Å²) in [6, 6.07) is 0. The summed E-state index contributed by atoms with van der Waals surface area (Å²) in [4.78, 5) is 2.68. The van der Waals surface area contributed by atoms with Gasteiger partial charge in [0, 0.05) is 9.81 Å². The van der Waals surface area contributed by atoms with Crippen molar-refractivity contribution in [1.82, 2.24) is 0 Å². The molecule has 0 amide bonds. The van der Waals surface area contributed by atoms with E-state index in [-0.39, 0.29) is 0 Å². The molecule has 0 atom stereocenters. The second-order valence-corrected chi connectivity index (χ2v) is 6.70. The Morgan fingerprint density at radius 1 is 0.556 bits per heavy atom. The van der Waals surface area contributed by atoms with Gasteiger partial charge in [-0.2, -0.15) is 0 Å². The van der Waals surface area contributed by atoms with Crippen LogP contribution in [0.25, 0.3) is 0 Å². The first kappa shape index (κ1) is 10.5. The minimum atomic E-state index is 1.34. The first-order valence-corrected chi connectivity index (χ1v) is 8.02. The van der Waals surface area contributed by atoms with Gasteiger partial charge in [0.2, 0.25) is 0 Å². The molecule has 0 nitrogen and oxygen atoms in total. The average molecular weight is 266 g/mol. The Morgan fingerprint density at radius 3 is 1.50 bits per heavy atom. The third-order valence-electron chi connectivity index (χ3n) is 3.19. The smallest absolute Gasteiger partial charge is 0.0198 e. The number of hydrogen-bond donors (Lipinski definition) is 0. The van der Waals surface area contributed by atoms with Crippen molar-refractivity contribution in [2.45, 2.75) is 0 Å². The van der Waals surface area contributed by atoms with E-state index in [1.165, 1.54) is 32.1 Å². The Bertz CT molecular complexity index is 614. The molecule has 0 saturated heterocycles. The van der Waals surface area contributed by atoms with Gasteiger partial charge in [-0.25, -0.2) is 0 Å². The largest absolute Gasteiger partial charge is 0.0610 e. The summed E-state index contributed by atoms with van der Waals surface area (Å²) in [5, 5.41) is 0. The Labute approximate surface area is 114 Å². The molecule has 4 rings (SSSR count). The fourth-order valence-corrected chi connectivity index (χ4v) is 4.36. The van der Waals surface area contributed by atoms with Crippen molar-refractivity contribution in [1.29, 1.82) is 0 Å². The molecule has 0 fully saturated rings. The Kier molecular flexibility index (Phi) is 2.39. The minimum absolute atomic E-state index is 1.34. The molecule has 0 spiro atoms. The van der Waals surface area contributed by atoms with Crippen LogP contribution in [0.15, 0.2) is 92.9 Å². The van der Waals surface area contributed by atoms with Gasteiger partial charge in [0.15, 0.2) is 0 Å². The Balaban J connectivity index is 1.44. The normalized spacial score (nSPS) is 22.2. The van der Waals surface area contributed by atoms with Gasteiger partial charge in [-0.05, 0) is 46.6 Å². The molecule has 0 saturated carbocycles. The summed E-state index contributed by atoms with van der Waals surface area (Å²) in [6.45, 7) is 0. The minimum Gasteiger partial charge on any atom is -0.0610 e. The maximum atomic E-state index is 2.26. The van der Waals surface area contributed by atoms with Crippen molar-refractivity contribution in [3.63, 3.8) is 0 Å². The summed E-state index contributed by atoms with van der Waals surface area (Å²) < 4.78 is 0.